The van der Waals surface area contributed by atoms with Crippen molar-refractivity contribution in [3.05, 3.63) is 52.9 Å². The average Bonchev–Trinajstić information content (AvgIpc) is 2.94. The number of carbonyl (C=O) groups excluding carboxylic acids is 1. The highest BCUT2D eigenvalue weighted by molar-refractivity contribution is 6.30. The van der Waals surface area contributed by atoms with Crippen molar-refractivity contribution in [1.82, 2.24) is 4.90 Å². The first-order chi connectivity index (χ1) is 10.6. The van der Waals surface area contributed by atoms with E-state index < -0.39 is 5.97 Å². The Bertz CT molecular complexity index is 626. The van der Waals surface area contributed by atoms with E-state index in [-0.39, 0.29) is 0 Å². The fourth-order valence-corrected chi connectivity index (χ4v) is 2.14. The van der Waals surface area contributed by atoms with Crippen molar-refractivity contribution < 1.29 is 18.7 Å². The third kappa shape index (κ3) is 4.51. The van der Waals surface area contributed by atoms with Crippen molar-refractivity contribution >= 4 is 17.6 Å². The number of esters is 1. The largest absolute Gasteiger partial charge is 0.492 e. The SMILES string of the molecule is COC(=O)c1ccoc1CN(C)CCOc1cccc(Cl)c1. The molecule has 6 heteroatoms. The van der Waals surface area contributed by atoms with Crippen LogP contribution in [0.4, 0.5) is 0 Å². The van der Waals surface area contributed by atoms with Gasteiger partial charge in [-0.2, -0.15) is 0 Å². The second-order valence-corrected chi connectivity index (χ2v) is 5.23. The van der Waals surface area contributed by atoms with E-state index in [4.69, 9.17) is 25.5 Å². The summed E-state index contributed by atoms with van der Waals surface area (Å²) < 4.78 is 15.7. The molecule has 118 valence electrons. The lowest BCUT2D eigenvalue weighted by molar-refractivity contribution is 0.0596. The average molecular weight is 324 g/mol. The number of nitrogens with zero attached hydrogens (tertiary/aromatic N) is 1. The lowest BCUT2D eigenvalue weighted by Gasteiger charge is -2.16. The third-order valence-corrected chi connectivity index (χ3v) is 3.34. The molecule has 0 radical (unpaired) electrons. The third-order valence-electron chi connectivity index (χ3n) is 3.10. The Morgan fingerprint density at radius 2 is 2.18 bits per heavy atom. The second kappa shape index (κ2) is 7.87. The number of methoxy groups -OCH3 is 1. The van der Waals surface area contributed by atoms with Gasteiger partial charge in [-0.05, 0) is 31.3 Å². The van der Waals surface area contributed by atoms with E-state index in [1.54, 1.807) is 18.2 Å². The molecule has 2 rings (SSSR count). The Labute approximate surface area is 134 Å². The number of rotatable bonds is 7. The lowest BCUT2D eigenvalue weighted by atomic mass is 10.2. The van der Waals surface area contributed by atoms with Gasteiger partial charge in [0, 0.05) is 11.6 Å². The molecule has 22 heavy (non-hydrogen) atoms. The number of carbonyl (C=O) groups is 1. The van der Waals surface area contributed by atoms with E-state index in [2.05, 4.69) is 0 Å². The number of likely N-dealkylation sites (N-methyl/N-ethyl adjacent to an activating group) is 1. The molecule has 2 aromatic rings. The van der Waals surface area contributed by atoms with Crippen LogP contribution in [0.3, 0.4) is 0 Å². The molecule has 0 atom stereocenters. The zero-order chi connectivity index (χ0) is 15.9. The first kappa shape index (κ1) is 16.4. The Morgan fingerprint density at radius 1 is 1.36 bits per heavy atom. The summed E-state index contributed by atoms with van der Waals surface area (Å²) in [6.45, 7) is 1.68. The number of halogens is 1. The van der Waals surface area contributed by atoms with Crippen molar-refractivity contribution in [2.75, 3.05) is 27.3 Å². The predicted molar refractivity (Wildman–Crippen MR) is 83.3 cm³/mol. The van der Waals surface area contributed by atoms with Crippen LogP contribution in [0.15, 0.2) is 41.0 Å². The minimum Gasteiger partial charge on any atom is -0.492 e. The summed E-state index contributed by atoms with van der Waals surface area (Å²) in [6.07, 6.45) is 1.48. The molecule has 0 amide bonds. The highest BCUT2D eigenvalue weighted by atomic mass is 35.5. The number of hydrogen-bond acceptors (Lipinski definition) is 5. The van der Waals surface area contributed by atoms with Gasteiger partial charge in [0.2, 0.25) is 0 Å². The molecular formula is C16H18ClNO4. The molecule has 0 aliphatic heterocycles. The number of furan rings is 1. The van der Waals surface area contributed by atoms with E-state index in [9.17, 15) is 4.79 Å². The van der Waals surface area contributed by atoms with Gasteiger partial charge in [-0.3, -0.25) is 4.90 Å². The van der Waals surface area contributed by atoms with Crippen LogP contribution in [-0.2, 0) is 11.3 Å². The van der Waals surface area contributed by atoms with E-state index >= 15 is 0 Å². The van der Waals surface area contributed by atoms with Gasteiger partial charge in [0.25, 0.3) is 0 Å². The van der Waals surface area contributed by atoms with Crippen LogP contribution in [0.5, 0.6) is 5.75 Å². The minimum absolute atomic E-state index is 0.396. The quantitative estimate of drug-likeness (QED) is 0.732. The molecule has 1 aromatic carbocycles. The molecule has 0 aliphatic carbocycles. The fraction of sp³-hybridized carbons (Fsp3) is 0.312. The molecule has 1 aromatic heterocycles. The molecule has 0 bridgehead atoms. The van der Waals surface area contributed by atoms with Crippen LogP contribution in [0, 0.1) is 0 Å². The molecule has 5 nitrogen and oxygen atoms in total. The first-order valence-electron chi connectivity index (χ1n) is 6.81. The van der Waals surface area contributed by atoms with Crippen molar-refractivity contribution in [2.24, 2.45) is 0 Å². The topological polar surface area (TPSA) is 51.9 Å². The summed E-state index contributed by atoms with van der Waals surface area (Å²) in [5, 5.41) is 0.643. The predicted octanol–water partition coefficient (Wildman–Crippen LogP) is 3.23. The zero-order valence-corrected chi connectivity index (χ0v) is 13.3. The Balaban J connectivity index is 1.82. The van der Waals surface area contributed by atoms with Gasteiger partial charge in [-0.1, -0.05) is 17.7 Å². The second-order valence-electron chi connectivity index (χ2n) is 4.79. The van der Waals surface area contributed by atoms with Crippen molar-refractivity contribution in [3.8, 4) is 5.75 Å². The standard InChI is InChI=1S/C16H18ClNO4/c1-18(7-9-21-13-5-3-4-12(17)10-13)11-15-14(6-8-22-15)16(19)20-2/h3-6,8,10H,7,9,11H2,1-2H3. The molecule has 0 unspecified atom stereocenters. The van der Waals surface area contributed by atoms with E-state index in [0.717, 1.165) is 5.75 Å². The van der Waals surface area contributed by atoms with Gasteiger partial charge in [0.15, 0.2) is 0 Å². The van der Waals surface area contributed by atoms with Gasteiger partial charge in [0.1, 0.15) is 23.7 Å². The van der Waals surface area contributed by atoms with E-state index in [1.807, 2.05) is 24.1 Å². The monoisotopic (exact) mass is 323 g/mol. The molecule has 1 heterocycles. The van der Waals surface area contributed by atoms with Gasteiger partial charge >= 0.3 is 5.97 Å². The number of benzene rings is 1. The van der Waals surface area contributed by atoms with Crippen molar-refractivity contribution in [3.63, 3.8) is 0 Å². The number of ether oxygens (including phenoxy) is 2. The maximum Gasteiger partial charge on any atom is 0.341 e. The molecule has 0 N–H and O–H groups in total. The van der Waals surface area contributed by atoms with Crippen LogP contribution in [0.25, 0.3) is 0 Å². The Morgan fingerprint density at radius 3 is 2.91 bits per heavy atom. The molecule has 0 fully saturated rings. The normalized spacial score (nSPS) is 10.7. The number of hydrogen-bond donors (Lipinski definition) is 0. The molecule has 0 saturated carbocycles. The van der Waals surface area contributed by atoms with Gasteiger partial charge in [-0.25, -0.2) is 4.79 Å². The molecule has 0 saturated heterocycles. The Kier molecular flexibility index (Phi) is 5.86. The summed E-state index contributed by atoms with van der Waals surface area (Å²) in [5.74, 6) is 0.915. The molecule has 0 aliphatic rings. The highest BCUT2D eigenvalue weighted by Crippen LogP contribution is 2.17. The van der Waals surface area contributed by atoms with Crippen molar-refractivity contribution in [2.45, 2.75) is 6.54 Å². The smallest absolute Gasteiger partial charge is 0.341 e. The summed E-state index contributed by atoms with van der Waals surface area (Å²) in [5.41, 5.74) is 0.449. The van der Waals surface area contributed by atoms with Crippen LogP contribution in [0.2, 0.25) is 5.02 Å². The van der Waals surface area contributed by atoms with Crippen LogP contribution >= 0.6 is 11.6 Å². The van der Waals surface area contributed by atoms with E-state index in [0.29, 0.717) is 36.0 Å². The van der Waals surface area contributed by atoms with Gasteiger partial charge in [0.05, 0.1) is 19.9 Å². The fourth-order valence-electron chi connectivity index (χ4n) is 1.96. The van der Waals surface area contributed by atoms with Crippen LogP contribution < -0.4 is 4.74 Å². The van der Waals surface area contributed by atoms with E-state index in [1.165, 1.54) is 13.4 Å². The van der Waals surface area contributed by atoms with Crippen molar-refractivity contribution in [1.29, 1.82) is 0 Å². The molecule has 0 spiro atoms. The summed E-state index contributed by atoms with van der Waals surface area (Å²) >= 11 is 5.90. The summed E-state index contributed by atoms with van der Waals surface area (Å²) in [4.78, 5) is 13.6. The maximum absolute atomic E-state index is 11.6. The zero-order valence-electron chi connectivity index (χ0n) is 12.5. The lowest BCUT2D eigenvalue weighted by Crippen LogP contribution is -2.24. The van der Waals surface area contributed by atoms with Gasteiger partial charge in [-0.15, -0.1) is 0 Å². The molecular weight excluding hydrogens is 306 g/mol. The Hall–Kier alpha value is -1.98. The van der Waals surface area contributed by atoms with Crippen LogP contribution in [0.1, 0.15) is 16.1 Å². The van der Waals surface area contributed by atoms with Crippen LogP contribution in [-0.4, -0.2) is 38.2 Å². The first-order valence-corrected chi connectivity index (χ1v) is 7.19. The highest BCUT2D eigenvalue weighted by Gasteiger charge is 2.16. The summed E-state index contributed by atoms with van der Waals surface area (Å²) in [7, 11) is 3.27. The maximum atomic E-state index is 11.6. The summed E-state index contributed by atoms with van der Waals surface area (Å²) in [6, 6.07) is 8.87. The van der Waals surface area contributed by atoms with Gasteiger partial charge < -0.3 is 13.9 Å². The minimum atomic E-state index is -0.396.